The number of fused-ring (bicyclic) bond motifs is 1. The Hall–Kier alpha value is -3.63. The van der Waals surface area contributed by atoms with Crippen LogP contribution in [0, 0.1) is 5.92 Å². The number of H-pyrrole nitrogens is 2. The van der Waals surface area contributed by atoms with Crippen molar-refractivity contribution in [1.82, 2.24) is 29.9 Å². The van der Waals surface area contributed by atoms with Crippen LogP contribution in [0.1, 0.15) is 38.3 Å². The van der Waals surface area contributed by atoms with Crippen molar-refractivity contribution in [3.05, 3.63) is 39.1 Å². The standard InChI is InChI=1S/C19H22N8O3/c1-9(10-2-3-10)21-18(29)25-14-7-15(22-12-4-5-12)27-16(24-14)11(8-20-27)6-13-17(28)26-19(30)23-13/h6-10,12,28H,2-5H2,1H3,(H2,21,25,29)(H2,23,26,30)/t9-/m1/s1. The molecule has 11 heteroatoms. The molecule has 0 aliphatic heterocycles. The van der Waals surface area contributed by atoms with Crippen molar-refractivity contribution < 1.29 is 9.90 Å². The summed E-state index contributed by atoms with van der Waals surface area (Å²) in [6.07, 6.45) is 7.44. The molecular weight excluding hydrogens is 388 g/mol. The van der Waals surface area contributed by atoms with Crippen molar-refractivity contribution >= 4 is 23.6 Å². The van der Waals surface area contributed by atoms with Crippen molar-refractivity contribution in [2.24, 2.45) is 10.9 Å². The minimum atomic E-state index is -0.517. The quantitative estimate of drug-likeness (QED) is 0.400. The Bertz CT molecular complexity index is 1300. The van der Waals surface area contributed by atoms with Gasteiger partial charge < -0.3 is 15.4 Å². The number of urea groups is 1. The number of amides is 2. The van der Waals surface area contributed by atoms with Gasteiger partial charge in [0.05, 0.1) is 12.2 Å². The van der Waals surface area contributed by atoms with Gasteiger partial charge >= 0.3 is 11.7 Å². The molecule has 0 spiro atoms. The van der Waals surface area contributed by atoms with Crippen LogP contribution in [0.4, 0.5) is 10.6 Å². The topological polar surface area (TPSA) is 153 Å². The third-order valence-corrected chi connectivity index (χ3v) is 5.31. The fourth-order valence-electron chi connectivity index (χ4n) is 3.33. The number of anilines is 1. The second-order valence-corrected chi connectivity index (χ2v) is 7.91. The molecule has 1 atom stereocenters. The number of carbonyl (C=O) groups excluding carboxylic acids is 1. The molecule has 3 aromatic rings. The highest BCUT2D eigenvalue weighted by atomic mass is 16.3. The molecule has 2 fully saturated rings. The molecular formula is C19H22N8O3. The first-order valence-electron chi connectivity index (χ1n) is 9.99. The van der Waals surface area contributed by atoms with E-state index in [1.807, 2.05) is 6.92 Å². The van der Waals surface area contributed by atoms with Crippen LogP contribution in [0.15, 0.2) is 22.1 Å². The predicted octanol–water partition coefficient (Wildman–Crippen LogP) is -0.0179. The van der Waals surface area contributed by atoms with Gasteiger partial charge in [-0.15, -0.1) is 0 Å². The minimum absolute atomic E-state index is 0.108. The molecule has 5 N–H and O–H groups in total. The van der Waals surface area contributed by atoms with Crippen LogP contribution in [-0.4, -0.2) is 47.8 Å². The lowest BCUT2D eigenvalue weighted by Gasteiger charge is -2.13. The van der Waals surface area contributed by atoms with Crippen molar-refractivity contribution in [2.45, 2.75) is 44.7 Å². The van der Waals surface area contributed by atoms with Crippen LogP contribution in [0.2, 0.25) is 0 Å². The van der Waals surface area contributed by atoms with Gasteiger partial charge in [0.15, 0.2) is 11.1 Å². The van der Waals surface area contributed by atoms with E-state index in [1.165, 1.54) is 0 Å². The number of rotatable bonds is 5. The molecule has 5 rings (SSSR count). The third kappa shape index (κ3) is 3.78. The average Bonchev–Trinajstić information content (AvgIpc) is 3.60. The van der Waals surface area contributed by atoms with Gasteiger partial charge in [0.1, 0.15) is 11.5 Å². The summed E-state index contributed by atoms with van der Waals surface area (Å²) in [6.45, 7) is 2.00. The van der Waals surface area contributed by atoms with Crippen LogP contribution in [0.5, 0.6) is 5.88 Å². The number of carbonyl (C=O) groups is 1. The molecule has 0 unspecified atom stereocenters. The number of nitrogens with one attached hydrogen (secondary N) is 4. The van der Waals surface area contributed by atoms with E-state index in [9.17, 15) is 14.7 Å². The van der Waals surface area contributed by atoms with E-state index in [0.717, 1.165) is 25.7 Å². The molecule has 2 amide bonds. The molecule has 2 aliphatic rings. The van der Waals surface area contributed by atoms with E-state index < -0.39 is 5.69 Å². The van der Waals surface area contributed by atoms with Crippen LogP contribution in [0.3, 0.4) is 0 Å². The monoisotopic (exact) mass is 410 g/mol. The molecule has 3 aromatic heterocycles. The maximum absolute atomic E-state index is 12.4. The molecule has 11 nitrogen and oxygen atoms in total. The first-order valence-corrected chi connectivity index (χ1v) is 9.99. The first-order chi connectivity index (χ1) is 14.5. The maximum atomic E-state index is 12.4. The average molecular weight is 410 g/mol. The number of imidazole rings is 1. The number of aromatic amines is 2. The van der Waals surface area contributed by atoms with Crippen molar-refractivity contribution in [1.29, 1.82) is 0 Å². The highest BCUT2D eigenvalue weighted by Crippen LogP contribution is 2.32. The van der Waals surface area contributed by atoms with Gasteiger partial charge in [-0.2, -0.15) is 9.61 Å². The Morgan fingerprint density at radius 1 is 1.37 bits per heavy atom. The summed E-state index contributed by atoms with van der Waals surface area (Å²) >= 11 is 0. The molecule has 30 heavy (non-hydrogen) atoms. The lowest BCUT2D eigenvalue weighted by molar-refractivity contribution is 0.248. The summed E-state index contributed by atoms with van der Waals surface area (Å²) in [7, 11) is 0. The first kappa shape index (κ1) is 18.4. The zero-order valence-corrected chi connectivity index (χ0v) is 16.3. The Labute approximate surface area is 170 Å². The number of hydrogen-bond acceptors (Lipinski definition) is 6. The zero-order valence-electron chi connectivity index (χ0n) is 16.3. The molecule has 0 bridgehead atoms. The van der Waals surface area contributed by atoms with E-state index in [4.69, 9.17) is 0 Å². The predicted molar refractivity (Wildman–Crippen MR) is 108 cm³/mol. The molecule has 2 aliphatic carbocycles. The van der Waals surface area contributed by atoms with Crippen LogP contribution < -0.4 is 27.0 Å². The van der Waals surface area contributed by atoms with Crippen LogP contribution in [0.25, 0.3) is 11.7 Å². The van der Waals surface area contributed by atoms with E-state index in [2.05, 4.69) is 35.7 Å². The summed E-state index contributed by atoms with van der Waals surface area (Å²) in [5.74, 6) is 0.619. The van der Waals surface area contributed by atoms with E-state index >= 15 is 0 Å². The lowest BCUT2D eigenvalue weighted by atomic mass is 10.2. The fourth-order valence-corrected chi connectivity index (χ4v) is 3.33. The Kier molecular flexibility index (Phi) is 4.30. The van der Waals surface area contributed by atoms with Gasteiger partial charge in [0, 0.05) is 17.3 Å². The molecule has 2 saturated carbocycles. The smallest absolute Gasteiger partial charge is 0.326 e. The van der Waals surface area contributed by atoms with Crippen molar-refractivity contribution in [2.75, 3.05) is 5.32 Å². The van der Waals surface area contributed by atoms with Gasteiger partial charge in [-0.05, 0) is 44.6 Å². The largest absolute Gasteiger partial charge is 0.493 e. The highest BCUT2D eigenvalue weighted by molar-refractivity contribution is 5.88. The van der Waals surface area contributed by atoms with Crippen LogP contribution in [-0.2, 0) is 0 Å². The van der Waals surface area contributed by atoms with Crippen LogP contribution >= 0.6 is 0 Å². The van der Waals surface area contributed by atoms with Gasteiger partial charge in [0.2, 0.25) is 5.88 Å². The minimum Gasteiger partial charge on any atom is -0.493 e. The van der Waals surface area contributed by atoms with Gasteiger partial charge in [-0.3, -0.25) is 15.3 Å². The third-order valence-electron chi connectivity index (χ3n) is 5.31. The molecule has 0 saturated heterocycles. The summed E-state index contributed by atoms with van der Waals surface area (Å²) in [5, 5.41) is 20.5. The van der Waals surface area contributed by atoms with E-state index in [-0.39, 0.29) is 29.7 Å². The number of nitrogens with zero attached hydrogens (tertiary/aromatic N) is 4. The van der Waals surface area contributed by atoms with E-state index in [1.54, 1.807) is 22.9 Å². The zero-order chi connectivity index (χ0) is 20.8. The Balaban J connectivity index is 1.55. The Morgan fingerprint density at radius 2 is 2.17 bits per heavy atom. The van der Waals surface area contributed by atoms with E-state index in [0.29, 0.717) is 28.1 Å². The summed E-state index contributed by atoms with van der Waals surface area (Å²) in [5.41, 5.74) is 0.728. The van der Waals surface area contributed by atoms with Gasteiger partial charge in [-0.1, -0.05) is 0 Å². The van der Waals surface area contributed by atoms with Gasteiger partial charge in [0.25, 0.3) is 0 Å². The number of hydrogen-bond donors (Lipinski definition) is 5. The Morgan fingerprint density at radius 3 is 2.83 bits per heavy atom. The highest BCUT2D eigenvalue weighted by Gasteiger charge is 2.29. The van der Waals surface area contributed by atoms with Crippen molar-refractivity contribution in [3.8, 4) is 5.88 Å². The number of aromatic nitrogens is 5. The summed E-state index contributed by atoms with van der Waals surface area (Å²) < 4.78 is 1.59. The second-order valence-electron chi connectivity index (χ2n) is 7.91. The fraction of sp³-hybridized carbons (Fsp3) is 0.421. The normalized spacial score (nSPS) is 18.7. The van der Waals surface area contributed by atoms with Gasteiger partial charge in [-0.25, -0.2) is 14.6 Å². The molecule has 0 aromatic carbocycles. The maximum Gasteiger partial charge on any atom is 0.326 e. The summed E-state index contributed by atoms with van der Waals surface area (Å²) in [4.78, 5) is 37.8. The lowest BCUT2D eigenvalue weighted by Crippen LogP contribution is -2.37. The molecule has 3 heterocycles. The SMILES string of the molecule is C[C@@H](NC(=O)Nc1cc(=NC2CC2)n2ncc(=Cc3[nH]c(=O)[nH]c3O)c2n1)C1CC1. The molecule has 156 valence electrons. The van der Waals surface area contributed by atoms with Crippen molar-refractivity contribution in [3.63, 3.8) is 0 Å². The number of aromatic hydroxyl groups is 1. The summed E-state index contributed by atoms with van der Waals surface area (Å²) in [6, 6.07) is 1.73. The molecule has 0 radical (unpaired) electrons. The second kappa shape index (κ2) is 7.01.